The fourth-order valence-corrected chi connectivity index (χ4v) is 12.1. The Hall–Kier alpha value is -6.19. The number of carbonyl (C=O) groups is 11. The first-order chi connectivity index (χ1) is 41.5. The highest BCUT2D eigenvalue weighted by molar-refractivity contribution is 8.76. The van der Waals surface area contributed by atoms with Crippen LogP contribution >= 0.6 is 21.6 Å². The Kier molecular flexibility index (Phi) is 34.8. The van der Waals surface area contributed by atoms with Crippen LogP contribution in [0, 0.1) is 11.8 Å². The minimum atomic E-state index is -1.70. The first-order valence-corrected chi connectivity index (χ1v) is 32.4. The first-order valence-electron chi connectivity index (χ1n) is 29.9. The second-order valence-corrected chi connectivity index (χ2v) is 24.9. The van der Waals surface area contributed by atoms with Gasteiger partial charge in [0.15, 0.2) is 0 Å². The summed E-state index contributed by atoms with van der Waals surface area (Å²) in [4.78, 5) is 154. The highest BCUT2D eigenvalue weighted by Gasteiger charge is 2.38. The third-order valence-corrected chi connectivity index (χ3v) is 17.0. The smallest absolute Gasteiger partial charge is 0.245 e. The monoisotopic (exact) mass is 1260 g/mol. The quantitative estimate of drug-likeness (QED) is 0.0276. The van der Waals surface area contributed by atoms with E-state index in [0.717, 1.165) is 12.2 Å². The van der Waals surface area contributed by atoms with Crippen LogP contribution in [0.5, 0.6) is 0 Å². The number of hydrogen-bond donors (Lipinski definition) is 18. The molecule has 1 saturated carbocycles. The van der Waals surface area contributed by atoms with Crippen LogP contribution in [0.15, 0.2) is 30.3 Å². The molecular formula is C56H96N16O13S2. The fraction of sp³-hybridized carbons (Fsp3) is 0.696. The zero-order valence-electron chi connectivity index (χ0n) is 50.4. The molecule has 2 fully saturated rings. The van der Waals surface area contributed by atoms with Gasteiger partial charge in [0.25, 0.3) is 0 Å². The molecule has 3 rings (SSSR count). The lowest BCUT2D eigenvalue weighted by atomic mass is 9.88. The maximum atomic E-state index is 14.6. The molecule has 29 nitrogen and oxygen atoms in total. The molecule has 1 aliphatic carbocycles. The zero-order valence-corrected chi connectivity index (χ0v) is 52.0. The molecule has 1 saturated heterocycles. The normalized spacial score (nSPS) is 23.5. The second-order valence-electron chi connectivity index (χ2n) is 22.3. The molecule has 0 aromatic heterocycles. The number of carbonyl (C=O) groups excluding carboxylic acids is 11. The van der Waals surface area contributed by atoms with Crippen molar-refractivity contribution in [1.82, 2.24) is 58.5 Å². The van der Waals surface area contributed by atoms with E-state index in [4.69, 9.17) is 28.7 Å². The zero-order chi connectivity index (χ0) is 64.6. The molecule has 0 spiro atoms. The summed E-state index contributed by atoms with van der Waals surface area (Å²) in [6.07, 6.45) is 2.49. The van der Waals surface area contributed by atoms with Gasteiger partial charge in [-0.1, -0.05) is 97.9 Å². The summed E-state index contributed by atoms with van der Waals surface area (Å²) in [5, 5.41) is 49.8. The van der Waals surface area contributed by atoms with Crippen LogP contribution in [-0.2, 0) is 59.2 Å². The van der Waals surface area contributed by atoms with Crippen molar-refractivity contribution >= 4 is 86.6 Å². The number of nitrogens with two attached hydrogens (primary N) is 5. The standard InChI is InChI=1S/C56H96N16O13S2/c1-31(2)27-41-52(81)66-36(15-21-57)47(76)65-39(18-24-60)51(80)71-45(32(3)73)55(84)62-25-19-40(50(79)64-37(16-22-58)49(78)70-42(53(82)69-41)28-35-13-9-6-10-14-35)67-48(77)38(17-23-59)68-56(85)46(33(4)74)72-54(83)43(63-44(75)29-61)30-87-86-26-20-34-11-7-5-8-12-34/h6,9-10,13-14,31-34,36-43,45-46,73-74H,5,7-8,11-12,15-30,57-61H2,1-4H3,(H,62,84)(H,63,75)(H,64,79)(H,65,76)(H,66,81)(H,67,77)(H,68,85)(H,69,82)(H,70,78)(H,71,80)(H,72,83)/t32-,33-,36+,37+,38+,39+,40+,41+,42-,43-,45+,46+/m1/s1. The van der Waals surface area contributed by atoms with Gasteiger partial charge in [0, 0.05) is 24.5 Å². The molecule has 12 atom stereocenters. The average molecular weight is 1270 g/mol. The summed E-state index contributed by atoms with van der Waals surface area (Å²) in [5.41, 5.74) is 29.8. The van der Waals surface area contributed by atoms with Crippen molar-refractivity contribution in [2.45, 2.75) is 184 Å². The summed E-state index contributed by atoms with van der Waals surface area (Å²) in [6.45, 7) is 4.42. The van der Waals surface area contributed by atoms with Crippen LogP contribution in [0.1, 0.15) is 110 Å². The Morgan fingerprint density at radius 1 is 0.575 bits per heavy atom. The molecule has 0 unspecified atom stereocenters. The van der Waals surface area contributed by atoms with Crippen LogP contribution in [0.25, 0.3) is 0 Å². The molecule has 0 radical (unpaired) electrons. The van der Waals surface area contributed by atoms with Crippen LogP contribution in [0.2, 0.25) is 0 Å². The van der Waals surface area contributed by atoms with Gasteiger partial charge in [-0.3, -0.25) is 52.7 Å². The van der Waals surface area contributed by atoms with E-state index in [1.54, 1.807) is 44.2 Å². The SMILES string of the molecule is CC(C)C[C@@H]1NC(=O)[C@@H](Cc2ccccc2)NC(=O)[C@H](CCN)NC(=O)[C@@H](NC(=O)[C@H](CCN)NC(=O)[C@@H](NC(=O)[C@@H](CSSCCC2CCCCC2)NC(=O)CN)[C@@H](C)O)CCNC(=O)[C@H]([C@@H](C)O)NC(=O)[C@H](CCN)NC(=O)[C@H](CCN)NC1=O. The van der Waals surface area contributed by atoms with Crippen molar-refractivity contribution in [3.05, 3.63) is 35.9 Å². The van der Waals surface area contributed by atoms with E-state index in [2.05, 4.69) is 58.5 Å². The van der Waals surface area contributed by atoms with Crippen molar-refractivity contribution in [2.75, 3.05) is 50.8 Å². The molecule has 2 aliphatic rings. The van der Waals surface area contributed by atoms with Gasteiger partial charge < -0.3 is 97.4 Å². The van der Waals surface area contributed by atoms with Crippen molar-refractivity contribution in [2.24, 2.45) is 40.5 Å². The third kappa shape index (κ3) is 27.0. The number of aliphatic hydroxyl groups excluding tert-OH is 2. The number of aliphatic hydroxyl groups is 2. The largest absolute Gasteiger partial charge is 0.391 e. The Balaban J connectivity index is 2.04. The van der Waals surface area contributed by atoms with Gasteiger partial charge in [0.05, 0.1) is 18.8 Å². The van der Waals surface area contributed by atoms with E-state index >= 15 is 0 Å². The van der Waals surface area contributed by atoms with Gasteiger partial charge in [-0.2, -0.15) is 0 Å². The van der Waals surface area contributed by atoms with Gasteiger partial charge in [-0.05, 0) is 102 Å². The lowest BCUT2D eigenvalue weighted by molar-refractivity contribution is -0.136. The van der Waals surface area contributed by atoms with E-state index in [1.165, 1.54) is 67.5 Å². The van der Waals surface area contributed by atoms with Crippen LogP contribution in [0.3, 0.4) is 0 Å². The summed E-state index contributed by atoms with van der Waals surface area (Å²) in [7, 11) is 2.89. The third-order valence-electron chi connectivity index (χ3n) is 14.6. The minimum Gasteiger partial charge on any atom is -0.391 e. The van der Waals surface area contributed by atoms with Crippen LogP contribution in [0.4, 0.5) is 0 Å². The molecule has 23 N–H and O–H groups in total. The Labute approximate surface area is 516 Å². The summed E-state index contributed by atoms with van der Waals surface area (Å²) >= 11 is 0. The van der Waals surface area contributed by atoms with Crippen LogP contribution < -0.4 is 87.2 Å². The van der Waals surface area contributed by atoms with Crippen molar-refractivity contribution in [3.63, 3.8) is 0 Å². The van der Waals surface area contributed by atoms with Crippen molar-refractivity contribution in [3.8, 4) is 0 Å². The van der Waals surface area contributed by atoms with Crippen LogP contribution in [-0.4, -0.2) is 199 Å². The number of amides is 11. The fourth-order valence-electron chi connectivity index (χ4n) is 9.74. The summed E-state index contributed by atoms with van der Waals surface area (Å²) in [5.74, 6) is -8.62. The highest BCUT2D eigenvalue weighted by Crippen LogP contribution is 2.31. The molecule has 1 aromatic rings. The molecule has 87 heavy (non-hydrogen) atoms. The number of hydrogen-bond acceptors (Lipinski definition) is 20. The molecule has 1 aliphatic heterocycles. The molecule has 1 aromatic carbocycles. The summed E-state index contributed by atoms with van der Waals surface area (Å²) in [6, 6.07) is -6.23. The van der Waals surface area contributed by atoms with Gasteiger partial charge in [-0.25, -0.2) is 0 Å². The molecule has 31 heteroatoms. The maximum Gasteiger partial charge on any atom is 0.245 e. The van der Waals surface area contributed by atoms with Gasteiger partial charge >= 0.3 is 0 Å². The van der Waals surface area contributed by atoms with E-state index < -0.39 is 157 Å². The van der Waals surface area contributed by atoms with Crippen molar-refractivity contribution in [1.29, 1.82) is 0 Å². The number of rotatable bonds is 28. The highest BCUT2D eigenvalue weighted by atomic mass is 33.1. The topological polar surface area (TPSA) is 491 Å². The minimum absolute atomic E-state index is 0.0455. The lowest BCUT2D eigenvalue weighted by Crippen LogP contribution is -2.62. The number of nitrogens with one attached hydrogen (secondary N) is 11. The van der Waals surface area contributed by atoms with Crippen molar-refractivity contribution < 1.29 is 63.0 Å². The Morgan fingerprint density at radius 3 is 1.66 bits per heavy atom. The average Bonchev–Trinajstić information content (AvgIpc) is 3.54. The molecule has 11 amide bonds. The maximum absolute atomic E-state index is 14.6. The predicted molar refractivity (Wildman–Crippen MR) is 330 cm³/mol. The predicted octanol–water partition coefficient (Wildman–Crippen LogP) is -4.89. The van der Waals surface area contributed by atoms with Gasteiger partial charge in [0.2, 0.25) is 65.0 Å². The molecule has 490 valence electrons. The van der Waals surface area contributed by atoms with E-state index in [0.29, 0.717) is 11.5 Å². The Morgan fingerprint density at radius 2 is 1.11 bits per heavy atom. The lowest BCUT2D eigenvalue weighted by Gasteiger charge is -2.29. The molecule has 1 heterocycles. The van der Waals surface area contributed by atoms with Gasteiger partial charge in [-0.15, -0.1) is 0 Å². The second kappa shape index (κ2) is 40.4. The van der Waals surface area contributed by atoms with Gasteiger partial charge in [0.1, 0.15) is 60.4 Å². The first kappa shape index (κ1) is 75.1. The van der Waals surface area contributed by atoms with E-state index in [9.17, 15) is 63.0 Å². The molecular weight excluding hydrogens is 1170 g/mol. The summed E-state index contributed by atoms with van der Waals surface area (Å²) < 4.78 is 0. The molecule has 0 bridgehead atoms. The number of benzene rings is 1. The van der Waals surface area contributed by atoms with E-state index in [-0.39, 0.29) is 76.4 Å². The Bertz CT molecular complexity index is 2390. The van der Waals surface area contributed by atoms with E-state index in [1.807, 2.05) is 0 Å².